The van der Waals surface area contributed by atoms with Crippen LogP contribution in [0.25, 0.3) is 0 Å². The van der Waals surface area contributed by atoms with Gasteiger partial charge in [-0.05, 0) is 6.42 Å². The molecule has 0 aliphatic heterocycles. The Morgan fingerprint density at radius 2 is 1.61 bits per heavy atom. The number of hydrogen-bond acceptors (Lipinski definition) is 3. The highest BCUT2D eigenvalue weighted by Gasteiger charge is 2.28. The second kappa shape index (κ2) is 12.6. The number of amides is 1. The molecular weight excluding hydrogens is 313 g/mol. The molecule has 0 fully saturated rings. The van der Waals surface area contributed by atoms with E-state index in [9.17, 15) is 9.59 Å². The zero-order chi connectivity index (χ0) is 17.7. The van der Waals surface area contributed by atoms with Crippen molar-refractivity contribution >= 4 is 19.3 Å². The van der Waals surface area contributed by atoms with E-state index in [0.29, 0.717) is 12.7 Å². The Kier molecular flexibility index (Phi) is 12.1. The minimum absolute atomic E-state index is 0.123. The number of carbonyl (C=O) groups excluding carboxylic acids is 1. The zero-order valence-corrected chi connectivity index (χ0v) is 16.2. The van der Waals surface area contributed by atoms with Crippen LogP contribution in [0, 0.1) is 0 Å². The predicted molar refractivity (Wildman–Crippen MR) is 98.1 cm³/mol. The number of unbranched alkanes of at least 4 members (excludes halogenated alkanes) is 6. The molecule has 0 aliphatic carbocycles. The van der Waals surface area contributed by atoms with E-state index >= 15 is 0 Å². The standard InChI is InChI=1S/C17H34NO4P/c1-5-6-7-8-9-10-11-12-18-17(21)22-15(13-16(19)20)14-23(2,3)4/h15H,5-14H2,1-4H3,(H-,18,19,20,21)/p+1. The lowest BCUT2D eigenvalue weighted by molar-refractivity contribution is -0.138. The van der Waals surface area contributed by atoms with Crippen LogP contribution in [-0.2, 0) is 9.53 Å². The predicted octanol–water partition coefficient (Wildman–Crippen LogP) is 4.21. The van der Waals surface area contributed by atoms with Crippen LogP contribution in [0.3, 0.4) is 0 Å². The molecule has 0 saturated heterocycles. The van der Waals surface area contributed by atoms with Crippen LogP contribution in [0.15, 0.2) is 0 Å². The highest BCUT2D eigenvalue weighted by molar-refractivity contribution is 7.73. The van der Waals surface area contributed by atoms with Gasteiger partial charge in [-0.25, -0.2) is 4.79 Å². The van der Waals surface area contributed by atoms with Gasteiger partial charge in [-0.3, -0.25) is 4.79 Å². The third-order valence-corrected chi connectivity index (χ3v) is 4.98. The number of hydrogen-bond donors (Lipinski definition) is 2. The molecule has 136 valence electrons. The van der Waals surface area contributed by atoms with E-state index in [1.807, 2.05) is 0 Å². The molecule has 0 bridgehead atoms. The lowest BCUT2D eigenvalue weighted by atomic mass is 10.1. The number of carboxylic acid groups (broad SMARTS) is 1. The summed E-state index contributed by atoms with van der Waals surface area (Å²) in [6.45, 7) is 9.14. The summed E-state index contributed by atoms with van der Waals surface area (Å²) in [5.41, 5.74) is 0. The second-order valence-electron chi connectivity index (χ2n) is 7.15. The van der Waals surface area contributed by atoms with E-state index < -0.39 is 25.4 Å². The van der Waals surface area contributed by atoms with Crippen molar-refractivity contribution in [2.75, 3.05) is 32.7 Å². The molecule has 1 amide bonds. The van der Waals surface area contributed by atoms with E-state index in [1.54, 1.807) is 0 Å². The van der Waals surface area contributed by atoms with E-state index in [-0.39, 0.29) is 6.42 Å². The molecule has 23 heavy (non-hydrogen) atoms. The molecule has 6 heteroatoms. The van der Waals surface area contributed by atoms with Gasteiger partial charge in [-0.1, -0.05) is 45.4 Å². The summed E-state index contributed by atoms with van der Waals surface area (Å²) in [5, 5.41) is 11.7. The summed E-state index contributed by atoms with van der Waals surface area (Å²) >= 11 is 0. The van der Waals surface area contributed by atoms with Gasteiger partial charge in [0.2, 0.25) is 0 Å². The highest BCUT2D eigenvalue weighted by Crippen LogP contribution is 2.47. The largest absolute Gasteiger partial charge is 0.481 e. The van der Waals surface area contributed by atoms with Crippen LogP contribution in [0.1, 0.15) is 58.3 Å². The minimum atomic E-state index is -1.20. The maximum absolute atomic E-state index is 11.8. The number of aliphatic carboxylic acids is 1. The van der Waals surface area contributed by atoms with Gasteiger partial charge in [0.1, 0.15) is 6.10 Å². The average Bonchev–Trinajstić information content (AvgIpc) is 2.39. The lowest BCUT2D eigenvalue weighted by Crippen LogP contribution is -2.33. The molecule has 5 nitrogen and oxygen atoms in total. The molecule has 0 aromatic heterocycles. The molecule has 1 atom stereocenters. The molecule has 2 N–H and O–H groups in total. The van der Waals surface area contributed by atoms with Crippen LogP contribution in [0.4, 0.5) is 4.79 Å². The topological polar surface area (TPSA) is 75.6 Å². The van der Waals surface area contributed by atoms with Crippen molar-refractivity contribution in [1.29, 1.82) is 0 Å². The van der Waals surface area contributed by atoms with Crippen molar-refractivity contribution in [3.63, 3.8) is 0 Å². The lowest BCUT2D eigenvalue weighted by Gasteiger charge is -2.20. The van der Waals surface area contributed by atoms with Crippen LogP contribution in [0.2, 0.25) is 0 Å². The van der Waals surface area contributed by atoms with Crippen molar-refractivity contribution in [2.45, 2.75) is 64.4 Å². The first-order valence-electron chi connectivity index (χ1n) is 8.71. The molecule has 0 radical (unpaired) electrons. The quantitative estimate of drug-likeness (QED) is 0.386. The monoisotopic (exact) mass is 348 g/mol. The van der Waals surface area contributed by atoms with Gasteiger partial charge in [0, 0.05) is 33.8 Å². The van der Waals surface area contributed by atoms with Gasteiger partial charge < -0.3 is 15.2 Å². The number of nitrogens with one attached hydrogen (secondary N) is 1. The second-order valence-corrected chi connectivity index (χ2v) is 12.1. The fourth-order valence-corrected chi connectivity index (χ4v) is 3.84. The van der Waals surface area contributed by atoms with E-state index in [4.69, 9.17) is 9.84 Å². The summed E-state index contributed by atoms with van der Waals surface area (Å²) < 4.78 is 5.29. The Bertz CT molecular complexity index is 342. The van der Waals surface area contributed by atoms with Crippen molar-refractivity contribution < 1.29 is 19.4 Å². The Hall–Kier alpha value is -0.830. The van der Waals surface area contributed by atoms with E-state index in [1.165, 1.54) is 32.1 Å². The normalized spacial score (nSPS) is 12.7. The van der Waals surface area contributed by atoms with Gasteiger partial charge in [0.25, 0.3) is 0 Å². The minimum Gasteiger partial charge on any atom is -0.481 e. The first-order chi connectivity index (χ1) is 10.7. The Balaban J connectivity index is 3.88. The van der Waals surface area contributed by atoms with Gasteiger partial charge >= 0.3 is 12.1 Å². The number of carbonyl (C=O) groups is 2. The third-order valence-electron chi connectivity index (χ3n) is 3.48. The molecule has 1 unspecified atom stereocenters. The Morgan fingerprint density at radius 1 is 1.04 bits per heavy atom. The van der Waals surface area contributed by atoms with Crippen molar-refractivity contribution in [2.24, 2.45) is 0 Å². The third kappa shape index (κ3) is 15.8. The fraction of sp³-hybridized carbons (Fsp3) is 0.882. The Morgan fingerprint density at radius 3 is 2.13 bits per heavy atom. The van der Waals surface area contributed by atoms with Gasteiger partial charge in [-0.2, -0.15) is 0 Å². The van der Waals surface area contributed by atoms with Crippen molar-refractivity contribution in [3.8, 4) is 0 Å². The van der Waals surface area contributed by atoms with Gasteiger partial charge in [0.15, 0.2) is 0 Å². The molecule has 0 spiro atoms. The number of alkyl carbamates (subject to hydrolysis) is 1. The van der Waals surface area contributed by atoms with Crippen LogP contribution in [-0.4, -0.2) is 56.0 Å². The highest BCUT2D eigenvalue weighted by atomic mass is 31.2. The van der Waals surface area contributed by atoms with Crippen LogP contribution < -0.4 is 5.32 Å². The summed E-state index contributed by atoms with van der Waals surface area (Å²) in [6.07, 6.45) is 7.85. The summed E-state index contributed by atoms with van der Waals surface area (Å²) in [5.74, 6) is -0.927. The molecule has 0 heterocycles. The summed E-state index contributed by atoms with van der Waals surface area (Å²) in [4.78, 5) is 22.7. The van der Waals surface area contributed by atoms with E-state index in [2.05, 4.69) is 32.2 Å². The summed E-state index contributed by atoms with van der Waals surface area (Å²) in [6, 6.07) is 0. The maximum atomic E-state index is 11.8. The molecule has 0 saturated carbocycles. The van der Waals surface area contributed by atoms with Gasteiger partial charge in [0.05, 0.1) is 12.6 Å². The molecular formula is C17H35NO4P+. The van der Waals surface area contributed by atoms with E-state index in [0.717, 1.165) is 12.8 Å². The SMILES string of the molecule is CCCCCCCCCNC(=O)OC(CC(=O)O)C[P+](C)(C)C. The molecule has 0 rings (SSSR count). The smallest absolute Gasteiger partial charge is 0.407 e. The number of rotatable bonds is 13. The fourth-order valence-electron chi connectivity index (χ4n) is 2.41. The number of carboxylic acids is 1. The molecule has 0 aromatic rings. The maximum Gasteiger partial charge on any atom is 0.407 e. The number of ether oxygens (including phenoxy) is 1. The Labute approximate surface area is 141 Å². The zero-order valence-electron chi connectivity index (χ0n) is 15.3. The first kappa shape index (κ1) is 22.2. The van der Waals surface area contributed by atoms with Crippen LogP contribution in [0.5, 0.6) is 0 Å². The average molecular weight is 348 g/mol. The van der Waals surface area contributed by atoms with Gasteiger partial charge in [-0.15, -0.1) is 0 Å². The van der Waals surface area contributed by atoms with Crippen LogP contribution >= 0.6 is 7.26 Å². The first-order valence-corrected chi connectivity index (χ1v) is 12.0. The molecule has 0 aliphatic rings. The van der Waals surface area contributed by atoms with Crippen molar-refractivity contribution in [1.82, 2.24) is 5.32 Å². The molecule has 0 aromatic carbocycles. The summed E-state index contributed by atoms with van der Waals surface area (Å²) in [7, 11) is -1.20. The van der Waals surface area contributed by atoms with Crippen molar-refractivity contribution in [3.05, 3.63) is 0 Å².